The Balaban J connectivity index is 1.93. The van der Waals surface area contributed by atoms with Crippen LogP contribution in [-0.2, 0) is 9.84 Å². The van der Waals surface area contributed by atoms with Crippen LogP contribution in [0.4, 0.5) is 0 Å². The zero-order valence-electron chi connectivity index (χ0n) is 17.0. The zero-order valence-corrected chi connectivity index (χ0v) is 17.8. The molecule has 0 fully saturated rings. The van der Waals surface area contributed by atoms with Gasteiger partial charge in [-0.25, -0.2) is 8.42 Å². The van der Waals surface area contributed by atoms with Gasteiger partial charge in [-0.2, -0.15) is 10.2 Å². The summed E-state index contributed by atoms with van der Waals surface area (Å²) in [4.78, 5) is 16.9. The maximum absolute atomic E-state index is 13.2. The molecule has 2 aromatic carbocycles. The van der Waals surface area contributed by atoms with E-state index in [1.54, 1.807) is 54.6 Å². The Labute approximate surface area is 184 Å². The normalized spacial score (nSPS) is 11.8. The van der Waals surface area contributed by atoms with Crippen molar-refractivity contribution in [2.45, 2.75) is 11.8 Å². The SMILES string of the molecule is Cc1ccc(Oc2nc3ccccn3c(=O)c2C=C(C#N)S(=O)(=O)c2ccccc2)cc1. The largest absolute Gasteiger partial charge is 0.438 e. The molecular weight excluding hydrogens is 426 g/mol. The third kappa shape index (κ3) is 4.02. The van der Waals surface area contributed by atoms with Crippen LogP contribution in [0.5, 0.6) is 11.6 Å². The molecular formula is C24H17N3O4S. The van der Waals surface area contributed by atoms with Gasteiger partial charge in [-0.1, -0.05) is 42.0 Å². The van der Waals surface area contributed by atoms with Gasteiger partial charge in [0.15, 0.2) is 0 Å². The number of sulfone groups is 1. The standard InChI is InChI=1S/C24H17N3O4S/c1-17-10-12-18(13-11-17)31-23-21(24(28)27-14-6-5-9-22(27)26-23)15-20(16-25)32(29,30)19-7-3-2-4-8-19/h2-15H,1H3. The molecule has 4 aromatic rings. The molecule has 0 spiro atoms. The van der Waals surface area contributed by atoms with Gasteiger partial charge in [-0.15, -0.1) is 0 Å². The lowest BCUT2D eigenvalue weighted by Gasteiger charge is -2.10. The first-order valence-electron chi connectivity index (χ1n) is 9.58. The second kappa shape index (κ2) is 8.49. The number of aromatic nitrogens is 2. The van der Waals surface area contributed by atoms with Crippen molar-refractivity contribution < 1.29 is 13.2 Å². The van der Waals surface area contributed by atoms with Crippen molar-refractivity contribution in [2.75, 3.05) is 0 Å². The topological polar surface area (TPSA) is 102 Å². The first-order valence-corrected chi connectivity index (χ1v) is 11.1. The molecule has 0 aliphatic carbocycles. The summed E-state index contributed by atoms with van der Waals surface area (Å²) < 4.78 is 33.1. The molecule has 2 aromatic heterocycles. The maximum Gasteiger partial charge on any atom is 0.269 e. The summed E-state index contributed by atoms with van der Waals surface area (Å²) in [7, 11) is -4.15. The highest BCUT2D eigenvalue weighted by Gasteiger charge is 2.23. The third-order valence-corrected chi connectivity index (χ3v) is 6.38. The number of rotatable bonds is 5. The molecule has 0 amide bonds. The van der Waals surface area contributed by atoms with E-state index in [4.69, 9.17) is 4.74 Å². The van der Waals surface area contributed by atoms with Gasteiger partial charge in [0.2, 0.25) is 15.7 Å². The summed E-state index contributed by atoms with van der Waals surface area (Å²) in [5.74, 6) is 0.322. The second-order valence-corrected chi connectivity index (χ2v) is 8.83. The average molecular weight is 443 g/mol. The lowest BCUT2D eigenvalue weighted by molar-refractivity contribution is 0.461. The molecule has 4 rings (SSSR count). The first-order chi connectivity index (χ1) is 15.4. The number of nitrogens with zero attached hydrogens (tertiary/aromatic N) is 3. The second-order valence-electron chi connectivity index (χ2n) is 6.92. The predicted octanol–water partition coefficient (Wildman–Crippen LogP) is 4.13. The van der Waals surface area contributed by atoms with Gasteiger partial charge in [0.25, 0.3) is 5.56 Å². The van der Waals surface area contributed by atoms with Crippen molar-refractivity contribution in [1.82, 2.24) is 9.38 Å². The number of benzene rings is 2. The Kier molecular flexibility index (Phi) is 5.58. The molecule has 0 bridgehead atoms. The minimum Gasteiger partial charge on any atom is -0.438 e. The van der Waals surface area contributed by atoms with Gasteiger partial charge in [-0.05, 0) is 49.4 Å². The molecule has 158 valence electrons. The Bertz CT molecular complexity index is 1530. The maximum atomic E-state index is 13.2. The number of aryl methyl sites for hydroxylation is 1. The number of fused-ring (bicyclic) bond motifs is 1. The van der Waals surface area contributed by atoms with Crippen LogP contribution in [0.25, 0.3) is 11.7 Å². The van der Waals surface area contributed by atoms with E-state index in [9.17, 15) is 18.5 Å². The Morgan fingerprint density at radius 3 is 2.41 bits per heavy atom. The lowest BCUT2D eigenvalue weighted by atomic mass is 10.2. The molecule has 0 saturated heterocycles. The van der Waals surface area contributed by atoms with E-state index in [2.05, 4.69) is 4.98 Å². The monoisotopic (exact) mass is 443 g/mol. The number of nitriles is 1. The van der Waals surface area contributed by atoms with Crippen LogP contribution in [0.2, 0.25) is 0 Å². The molecule has 0 atom stereocenters. The minimum absolute atomic E-state index is 0.0531. The van der Waals surface area contributed by atoms with E-state index in [-0.39, 0.29) is 16.3 Å². The van der Waals surface area contributed by atoms with E-state index in [1.807, 2.05) is 19.1 Å². The molecule has 0 aliphatic heterocycles. The van der Waals surface area contributed by atoms with E-state index < -0.39 is 20.3 Å². The number of ether oxygens (including phenoxy) is 1. The quantitative estimate of drug-likeness (QED) is 0.430. The van der Waals surface area contributed by atoms with Crippen LogP contribution in [0.15, 0.2) is 93.6 Å². The summed E-state index contributed by atoms with van der Waals surface area (Å²) in [5.41, 5.74) is 0.630. The third-order valence-electron chi connectivity index (χ3n) is 4.70. The van der Waals surface area contributed by atoms with E-state index in [0.717, 1.165) is 11.6 Å². The first kappa shape index (κ1) is 21.0. The minimum atomic E-state index is -4.15. The fourth-order valence-corrected chi connectivity index (χ4v) is 4.19. The summed E-state index contributed by atoms with van der Waals surface area (Å²) in [6, 6.07) is 21.3. The van der Waals surface area contributed by atoms with Gasteiger partial charge < -0.3 is 4.74 Å². The highest BCUT2D eigenvalue weighted by molar-refractivity contribution is 7.95. The van der Waals surface area contributed by atoms with E-state index >= 15 is 0 Å². The van der Waals surface area contributed by atoms with Crippen molar-refractivity contribution in [3.05, 3.63) is 105 Å². The van der Waals surface area contributed by atoms with E-state index in [1.165, 1.54) is 22.7 Å². The highest BCUT2D eigenvalue weighted by Crippen LogP contribution is 2.26. The average Bonchev–Trinajstić information content (AvgIpc) is 2.81. The summed E-state index contributed by atoms with van der Waals surface area (Å²) >= 11 is 0. The Morgan fingerprint density at radius 2 is 1.72 bits per heavy atom. The molecule has 0 unspecified atom stereocenters. The molecule has 0 radical (unpaired) electrons. The summed E-state index contributed by atoms with van der Waals surface area (Å²) in [5, 5.41) is 9.63. The van der Waals surface area contributed by atoms with Crippen LogP contribution < -0.4 is 10.3 Å². The van der Waals surface area contributed by atoms with Gasteiger partial charge in [0.1, 0.15) is 27.9 Å². The van der Waals surface area contributed by atoms with Crippen LogP contribution in [0, 0.1) is 18.3 Å². The lowest BCUT2D eigenvalue weighted by Crippen LogP contribution is -2.19. The van der Waals surface area contributed by atoms with Gasteiger partial charge in [0.05, 0.1) is 4.90 Å². The van der Waals surface area contributed by atoms with Gasteiger partial charge >= 0.3 is 0 Å². The van der Waals surface area contributed by atoms with Crippen molar-refractivity contribution in [3.8, 4) is 17.7 Å². The van der Waals surface area contributed by atoms with Crippen LogP contribution in [-0.4, -0.2) is 17.8 Å². The number of pyridine rings is 1. The molecule has 0 N–H and O–H groups in total. The van der Waals surface area contributed by atoms with Crippen LogP contribution >= 0.6 is 0 Å². The number of hydrogen-bond donors (Lipinski definition) is 0. The smallest absolute Gasteiger partial charge is 0.269 e. The number of hydrogen-bond acceptors (Lipinski definition) is 6. The zero-order chi connectivity index (χ0) is 22.7. The fraction of sp³-hybridized carbons (Fsp3) is 0.0417. The molecule has 32 heavy (non-hydrogen) atoms. The van der Waals surface area contributed by atoms with Crippen molar-refractivity contribution >= 4 is 21.6 Å². The van der Waals surface area contributed by atoms with Gasteiger partial charge in [-0.3, -0.25) is 9.20 Å². The van der Waals surface area contributed by atoms with Crippen molar-refractivity contribution in [3.63, 3.8) is 0 Å². The van der Waals surface area contributed by atoms with Crippen molar-refractivity contribution in [2.24, 2.45) is 0 Å². The van der Waals surface area contributed by atoms with Crippen LogP contribution in [0.1, 0.15) is 11.1 Å². The molecule has 7 nitrogen and oxygen atoms in total. The van der Waals surface area contributed by atoms with Crippen molar-refractivity contribution in [1.29, 1.82) is 5.26 Å². The molecule has 0 aliphatic rings. The fourth-order valence-electron chi connectivity index (χ4n) is 3.03. The molecule has 8 heteroatoms. The Morgan fingerprint density at radius 1 is 1.03 bits per heavy atom. The summed E-state index contributed by atoms with van der Waals surface area (Å²) in [6.45, 7) is 1.92. The highest BCUT2D eigenvalue weighted by atomic mass is 32.2. The predicted molar refractivity (Wildman–Crippen MR) is 120 cm³/mol. The Hall–Kier alpha value is -4.22. The molecule has 2 heterocycles. The number of allylic oxidation sites excluding steroid dienone is 1. The molecule has 0 saturated carbocycles. The van der Waals surface area contributed by atoms with Gasteiger partial charge in [0, 0.05) is 6.20 Å². The summed E-state index contributed by atoms with van der Waals surface area (Å²) in [6.07, 6.45) is 2.52. The van der Waals surface area contributed by atoms with E-state index in [0.29, 0.717) is 11.4 Å². The van der Waals surface area contributed by atoms with Crippen LogP contribution in [0.3, 0.4) is 0 Å².